The van der Waals surface area contributed by atoms with Gasteiger partial charge < -0.3 is 0 Å². The van der Waals surface area contributed by atoms with Gasteiger partial charge in [-0.1, -0.05) is 65.7 Å². The van der Waals surface area contributed by atoms with Crippen LogP contribution in [0.2, 0.25) is 0 Å². The predicted octanol–water partition coefficient (Wildman–Crippen LogP) is 5.23. The highest BCUT2D eigenvalue weighted by molar-refractivity contribution is 7.89. The Morgan fingerprint density at radius 1 is 0.935 bits per heavy atom. The molecule has 5 heteroatoms. The van der Waals surface area contributed by atoms with E-state index in [-0.39, 0.29) is 23.1 Å². The van der Waals surface area contributed by atoms with Gasteiger partial charge in [0.2, 0.25) is 10.0 Å². The second-order valence-corrected chi connectivity index (χ2v) is 10.5. The Hall–Kier alpha value is -2.76. The number of Topliss-reactive ketones (excluding diaryl/α,β-unsaturated/α-hetero) is 1. The van der Waals surface area contributed by atoms with Crippen LogP contribution in [0.5, 0.6) is 0 Å². The van der Waals surface area contributed by atoms with E-state index in [9.17, 15) is 13.2 Å². The molecule has 1 saturated heterocycles. The summed E-state index contributed by atoms with van der Waals surface area (Å²) in [5, 5.41) is 2.09. The maximum absolute atomic E-state index is 13.5. The molecule has 0 radical (unpaired) electrons. The highest BCUT2D eigenvalue weighted by Crippen LogP contribution is 2.33. The molecular formula is C26H27NO3S. The van der Waals surface area contributed by atoms with E-state index in [0.717, 1.165) is 21.9 Å². The molecule has 4 rings (SSSR count). The fourth-order valence-electron chi connectivity index (χ4n) is 4.28. The zero-order valence-corrected chi connectivity index (χ0v) is 18.9. The first-order chi connectivity index (χ1) is 14.8. The smallest absolute Gasteiger partial charge is 0.243 e. The number of aryl methyl sites for hydroxylation is 1. The molecule has 0 saturated carbocycles. The van der Waals surface area contributed by atoms with Crippen molar-refractivity contribution in [2.24, 2.45) is 11.8 Å². The van der Waals surface area contributed by atoms with Gasteiger partial charge in [0.15, 0.2) is 5.78 Å². The molecule has 3 aromatic carbocycles. The summed E-state index contributed by atoms with van der Waals surface area (Å²) in [7, 11) is -3.66. The first-order valence-corrected chi connectivity index (χ1v) is 11.9. The third-order valence-corrected chi connectivity index (χ3v) is 7.75. The average Bonchev–Trinajstić information content (AvgIpc) is 3.17. The van der Waals surface area contributed by atoms with Crippen molar-refractivity contribution in [1.82, 2.24) is 4.31 Å². The van der Waals surface area contributed by atoms with Gasteiger partial charge >= 0.3 is 0 Å². The Morgan fingerprint density at radius 3 is 2.29 bits per heavy atom. The number of nitrogens with zero attached hydrogens (tertiary/aromatic N) is 1. The van der Waals surface area contributed by atoms with Crippen LogP contribution in [0.4, 0.5) is 0 Å². The lowest BCUT2D eigenvalue weighted by Crippen LogP contribution is -2.30. The van der Waals surface area contributed by atoms with E-state index in [1.54, 1.807) is 24.3 Å². The number of rotatable bonds is 5. The number of ketones is 1. The van der Waals surface area contributed by atoms with Crippen LogP contribution in [0.25, 0.3) is 10.8 Å². The van der Waals surface area contributed by atoms with Gasteiger partial charge in [-0.05, 0) is 49.7 Å². The molecular weight excluding hydrogens is 406 g/mol. The number of sulfonamides is 1. The summed E-state index contributed by atoms with van der Waals surface area (Å²) in [5.41, 5.74) is 2.72. The third-order valence-electron chi connectivity index (χ3n) is 5.91. The van der Waals surface area contributed by atoms with Crippen LogP contribution in [0.3, 0.4) is 0 Å². The Bertz CT molecular complexity index is 1260. The van der Waals surface area contributed by atoms with Crippen molar-refractivity contribution in [2.45, 2.75) is 25.7 Å². The van der Waals surface area contributed by atoms with Crippen molar-refractivity contribution in [2.75, 3.05) is 13.1 Å². The molecule has 0 N–H and O–H groups in total. The highest BCUT2D eigenvalue weighted by Gasteiger charge is 2.42. The number of carbonyl (C=O) groups excluding carboxylic acids is 1. The monoisotopic (exact) mass is 433 g/mol. The van der Waals surface area contributed by atoms with Gasteiger partial charge in [-0.25, -0.2) is 8.42 Å². The zero-order chi connectivity index (χ0) is 22.2. The van der Waals surface area contributed by atoms with Crippen LogP contribution in [-0.4, -0.2) is 31.6 Å². The molecule has 2 atom stereocenters. The SMILES string of the molecule is CC(C)=C[C@@H]1CN(S(=O)(=O)c2ccc(C)cc2)C[C@H]1C(=O)c1ccc2ccccc2c1. The van der Waals surface area contributed by atoms with E-state index in [1.165, 1.54) is 4.31 Å². The van der Waals surface area contributed by atoms with Crippen molar-refractivity contribution in [3.8, 4) is 0 Å². The summed E-state index contributed by atoms with van der Waals surface area (Å²) in [5.74, 6) is -0.560. The van der Waals surface area contributed by atoms with E-state index in [2.05, 4.69) is 0 Å². The molecule has 4 nitrogen and oxygen atoms in total. The molecule has 1 heterocycles. The highest BCUT2D eigenvalue weighted by atomic mass is 32.2. The van der Waals surface area contributed by atoms with Crippen LogP contribution >= 0.6 is 0 Å². The number of carbonyl (C=O) groups is 1. The van der Waals surface area contributed by atoms with Crippen LogP contribution in [-0.2, 0) is 10.0 Å². The summed E-state index contributed by atoms with van der Waals surface area (Å²) in [6.45, 7) is 6.39. The molecule has 1 aliphatic rings. The minimum Gasteiger partial charge on any atom is -0.294 e. The Morgan fingerprint density at radius 2 is 1.61 bits per heavy atom. The lowest BCUT2D eigenvalue weighted by Gasteiger charge is -2.16. The van der Waals surface area contributed by atoms with E-state index >= 15 is 0 Å². The predicted molar refractivity (Wildman–Crippen MR) is 125 cm³/mol. The topological polar surface area (TPSA) is 54.5 Å². The normalized spacial score (nSPS) is 19.5. The van der Waals surface area contributed by atoms with Crippen molar-refractivity contribution in [1.29, 1.82) is 0 Å². The summed E-state index contributed by atoms with van der Waals surface area (Å²) < 4.78 is 28.0. The minimum absolute atomic E-state index is 0.00476. The molecule has 1 fully saturated rings. The number of hydrogen-bond acceptors (Lipinski definition) is 3. The Labute approximate surface area is 184 Å². The van der Waals surface area contributed by atoms with E-state index in [1.807, 2.05) is 69.3 Å². The van der Waals surface area contributed by atoms with Crippen LogP contribution < -0.4 is 0 Å². The first kappa shape index (κ1) is 21.5. The summed E-state index contributed by atoms with van der Waals surface area (Å²) in [4.78, 5) is 13.8. The summed E-state index contributed by atoms with van der Waals surface area (Å²) >= 11 is 0. The first-order valence-electron chi connectivity index (χ1n) is 10.5. The van der Waals surface area contributed by atoms with Crippen molar-refractivity contribution in [3.63, 3.8) is 0 Å². The molecule has 0 spiro atoms. The third kappa shape index (κ3) is 4.34. The van der Waals surface area contributed by atoms with Gasteiger partial charge in [0.05, 0.1) is 4.90 Å². The standard InChI is InChI=1S/C26H27NO3S/c1-18(2)14-23-16-27(31(29,30)24-12-8-19(3)9-13-24)17-25(23)26(28)22-11-10-20-6-4-5-7-21(20)15-22/h4-15,23,25H,16-17H2,1-3H3/t23-,25-/m1/s1. The average molecular weight is 434 g/mol. The number of benzene rings is 3. The Balaban J connectivity index is 1.67. The number of fused-ring (bicyclic) bond motifs is 1. The van der Waals surface area contributed by atoms with E-state index < -0.39 is 15.9 Å². The summed E-state index contributed by atoms with van der Waals surface area (Å²) in [6.07, 6.45) is 2.04. The largest absolute Gasteiger partial charge is 0.294 e. The lowest BCUT2D eigenvalue weighted by atomic mass is 9.87. The van der Waals surface area contributed by atoms with Crippen LogP contribution in [0.15, 0.2) is 83.3 Å². The summed E-state index contributed by atoms with van der Waals surface area (Å²) in [6, 6.07) is 20.5. The fraction of sp³-hybridized carbons (Fsp3) is 0.269. The maximum atomic E-state index is 13.5. The number of allylic oxidation sites excluding steroid dienone is 1. The zero-order valence-electron chi connectivity index (χ0n) is 18.1. The number of hydrogen-bond donors (Lipinski definition) is 0. The van der Waals surface area contributed by atoms with Gasteiger partial charge in [-0.2, -0.15) is 4.31 Å². The van der Waals surface area contributed by atoms with Gasteiger partial charge in [-0.3, -0.25) is 4.79 Å². The van der Waals surface area contributed by atoms with Gasteiger partial charge in [-0.15, -0.1) is 0 Å². The maximum Gasteiger partial charge on any atom is 0.243 e. The Kier molecular flexibility index (Phi) is 5.82. The second-order valence-electron chi connectivity index (χ2n) is 8.58. The van der Waals surface area contributed by atoms with Crippen molar-refractivity contribution >= 4 is 26.6 Å². The second kappa shape index (κ2) is 8.40. The molecule has 0 bridgehead atoms. The van der Waals surface area contributed by atoms with Crippen molar-refractivity contribution in [3.05, 3.63) is 89.5 Å². The minimum atomic E-state index is -3.66. The molecule has 31 heavy (non-hydrogen) atoms. The van der Waals surface area contributed by atoms with Gasteiger partial charge in [0, 0.05) is 30.5 Å². The fourth-order valence-corrected chi connectivity index (χ4v) is 5.78. The molecule has 0 amide bonds. The van der Waals surface area contributed by atoms with Gasteiger partial charge in [0.25, 0.3) is 0 Å². The quantitative estimate of drug-likeness (QED) is 0.409. The van der Waals surface area contributed by atoms with E-state index in [0.29, 0.717) is 12.1 Å². The lowest BCUT2D eigenvalue weighted by molar-refractivity contribution is 0.0912. The molecule has 1 aliphatic heterocycles. The molecule has 0 aromatic heterocycles. The molecule has 160 valence electrons. The molecule has 3 aromatic rings. The van der Waals surface area contributed by atoms with E-state index in [4.69, 9.17) is 0 Å². The van der Waals surface area contributed by atoms with Gasteiger partial charge in [0.1, 0.15) is 0 Å². The van der Waals surface area contributed by atoms with Crippen LogP contribution in [0.1, 0.15) is 29.8 Å². The molecule has 0 aliphatic carbocycles. The van der Waals surface area contributed by atoms with Crippen LogP contribution in [0, 0.1) is 18.8 Å². The molecule has 0 unspecified atom stereocenters. The van der Waals surface area contributed by atoms with Crippen molar-refractivity contribution < 1.29 is 13.2 Å².